The lowest BCUT2D eigenvalue weighted by molar-refractivity contribution is -0.797. The van der Waals surface area contributed by atoms with Crippen molar-refractivity contribution < 1.29 is 19.0 Å². The van der Waals surface area contributed by atoms with Crippen LogP contribution in [0.25, 0.3) is 5.57 Å². The van der Waals surface area contributed by atoms with Crippen LogP contribution < -0.4 is 4.57 Å². The van der Waals surface area contributed by atoms with Gasteiger partial charge in [0.05, 0.1) is 19.5 Å². The summed E-state index contributed by atoms with van der Waals surface area (Å²) in [5.41, 5.74) is 2.74. The molecule has 1 fully saturated rings. The number of aliphatic carboxylic acids is 1. The number of nitrogens with zero attached hydrogens (tertiary/aromatic N) is 2. The summed E-state index contributed by atoms with van der Waals surface area (Å²) in [4.78, 5) is 10.8. The average Bonchev–Trinajstić information content (AvgIpc) is 3.19. The first kappa shape index (κ1) is 17.2. The molecule has 3 rings (SSSR count). The lowest BCUT2D eigenvalue weighted by atomic mass is 10.1. The van der Waals surface area contributed by atoms with Gasteiger partial charge in [-0.15, -0.1) is 0 Å². The van der Waals surface area contributed by atoms with E-state index in [-0.39, 0.29) is 6.42 Å². The Labute approximate surface area is 145 Å². The number of fused-ring (bicyclic) bond motifs is 1. The van der Waals surface area contributed by atoms with Crippen LogP contribution in [0, 0.1) is 0 Å². The fourth-order valence-electron chi connectivity index (χ4n) is 3.97. The van der Waals surface area contributed by atoms with E-state index in [2.05, 4.69) is 42.1 Å². The molecule has 1 aromatic heterocycles. The molecular weight excluding hydrogens is 300 g/mol. The lowest BCUT2D eigenvalue weighted by Gasteiger charge is -2.13. The second-order valence-corrected chi connectivity index (χ2v) is 7.37. The third kappa shape index (κ3) is 3.86. The first-order valence-corrected chi connectivity index (χ1v) is 9.42. The second kappa shape index (κ2) is 7.47. The molecule has 0 radical (unpaired) electrons. The van der Waals surface area contributed by atoms with Crippen LogP contribution >= 0.6 is 0 Å². The molecule has 0 aromatic carbocycles. The summed E-state index contributed by atoms with van der Waals surface area (Å²) in [5.74, 6) is -0.679. The monoisotopic (exact) mass is 330 g/mol. The maximum atomic E-state index is 10.8. The van der Waals surface area contributed by atoms with E-state index in [0.29, 0.717) is 6.04 Å². The standard InChI is InChI=1S/C20H29N2O2/c1-2-3-4-5-6-11-21-12-7-17(8-13-21)18-9-14-22(16-19(18)22)15-10-20(23)24/h7-9,12-13,19H,2-6,10-11,14-16H2,1H3/q+1/p+1. The van der Waals surface area contributed by atoms with Crippen LogP contribution in [0.1, 0.15) is 51.0 Å². The fraction of sp³-hybridized carbons (Fsp3) is 0.600. The van der Waals surface area contributed by atoms with Crippen LogP contribution in [-0.2, 0) is 11.3 Å². The van der Waals surface area contributed by atoms with Gasteiger partial charge in [-0.05, 0) is 18.1 Å². The molecule has 1 aromatic rings. The molecule has 2 unspecified atom stereocenters. The number of pyridine rings is 1. The number of rotatable bonds is 10. The van der Waals surface area contributed by atoms with E-state index in [0.717, 1.165) is 30.7 Å². The molecule has 130 valence electrons. The molecule has 0 spiro atoms. The van der Waals surface area contributed by atoms with E-state index < -0.39 is 5.97 Å². The van der Waals surface area contributed by atoms with Gasteiger partial charge < -0.3 is 9.59 Å². The van der Waals surface area contributed by atoms with Gasteiger partial charge in [0, 0.05) is 24.1 Å². The summed E-state index contributed by atoms with van der Waals surface area (Å²) in [6.45, 7) is 6.24. The van der Waals surface area contributed by atoms with E-state index in [9.17, 15) is 4.79 Å². The molecule has 4 heteroatoms. The van der Waals surface area contributed by atoms with E-state index in [4.69, 9.17) is 5.11 Å². The van der Waals surface area contributed by atoms with Gasteiger partial charge in [-0.2, -0.15) is 0 Å². The number of unbranched alkanes of at least 4 members (excludes halogenated alkanes) is 4. The second-order valence-electron chi connectivity index (χ2n) is 7.37. The van der Waals surface area contributed by atoms with Crippen molar-refractivity contribution in [3.63, 3.8) is 0 Å². The van der Waals surface area contributed by atoms with Crippen molar-refractivity contribution in [3.8, 4) is 0 Å². The highest BCUT2D eigenvalue weighted by molar-refractivity contribution is 5.72. The zero-order valence-electron chi connectivity index (χ0n) is 14.8. The van der Waals surface area contributed by atoms with Crippen LogP contribution in [0.4, 0.5) is 0 Å². The Morgan fingerprint density at radius 2 is 2.00 bits per heavy atom. The van der Waals surface area contributed by atoms with Gasteiger partial charge in [0.15, 0.2) is 18.4 Å². The molecule has 0 saturated carbocycles. The number of hydrogen-bond donors (Lipinski definition) is 1. The maximum absolute atomic E-state index is 10.8. The molecule has 1 saturated heterocycles. The molecule has 2 atom stereocenters. The quantitative estimate of drug-likeness (QED) is 0.310. The summed E-state index contributed by atoms with van der Waals surface area (Å²) >= 11 is 0. The first-order chi connectivity index (χ1) is 11.6. The maximum Gasteiger partial charge on any atom is 0.309 e. The lowest BCUT2D eigenvalue weighted by Crippen LogP contribution is -2.32. The molecule has 4 nitrogen and oxygen atoms in total. The number of carbonyl (C=O) groups is 1. The topological polar surface area (TPSA) is 41.2 Å². The molecule has 0 aliphatic carbocycles. The van der Waals surface area contributed by atoms with Crippen molar-refractivity contribution in [2.24, 2.45) is 0 Å². The van der Waals surface area contributed by atoms with E-state index in [1.54, 1.807) is 0 Å². The van der Waals surface area contributed by atoms with Crippen molar-refractivity contribution in [2.45, 2.75) is 58.0 Å². The highest BCUT2D eigenvalue weighted by Crippen LogP contribution is 2.45. The Balaban J connectivity index is 1.49. The Morgan fingerprint density at radius 1 is 1.25 bits per heavy atom. The Morgan fingerprint density at radius 3 is 2.67 bits per heavy atom. The number of carboxylic acid groups (broad SMARTS) is 1. The van der Waals surface area contributed by atoms with Gasteiger partial charge in [-0.25, -0.2) is 4.57 Å². The van der Waals surface area contributed by atoms with E-state index in [1.807, 2.05) is 0 Å². The third-order valence-electron chi connectivity index (χ3n) is 5.61. The molecule has 24 heavy (non-hydrogen) atoms. The average molecular weight is 330 g/mol. The highest BCUT2D eigenvalue weighted by Gasteiger charge is 2.59. The van der Waals surface area contributed by atoms with Crippen LogP contribution in [-0.4, -0.2) is 41.2 Å². The summed E-state index contributed by atoms with van der Waals surface area (Å²) in [6.07, 6.45) is 13.6. The van der Waals surface area contributed by atoms with Gasteiger partial charge in [0.1, 0.15) is 13.1 Å². The molecule has 3 heterocycles. The van der Waals surface area contributed by atoms with Crippen LogP contribution in [0.5, 0.6) is 0 Å². The van der Waals surface area contributed by atoms with Gasteiger partial charge in [-0.3, -0.25) is 4.79 Å². The van der Waals surface area contributed by atoms with Crippen LogP contribution in [0.2, 0.25) is 0 Å². The predicted molar refractivity (Wildman–Crippen MR) is 94.3 cm³/mol. The fourth-order valence-corrected chi connectivity index (χ4v) is 3.97. The number of quaternary nitrogens is 1. The molecule has 2 aliphatic rings. The van der Waals surface area contributed by atoms with Crippen molar-refractivity contribution in [3.05, 3.63) is 36.2 Å². The third-order valence-corrected chi connectivity index (χ3v) is 5.61. The largest absolute Gasteiger partial charge is 0.481 e. The number of aryl methyl sites for hydroxylation is 1. The van der Waals surface area contributed by atoms with Crippen molar-refractivity contribution in [2.75, 3.05) is 19.6 Å². The number of aromatic nitrogens is 1. The summed E-state index contributed by atoms with van der Waals surface area (Å²) in [7, 11) is 0. The normalized spacial score (nSPS) is 24.5. The first-order valence-electron chi connectivity index (χ1n) is 9.42. The minimum absolute atomic E-state index is 0.282. The molecule has 1 N–H and O–H groups in total. The van der Waals surface area contributed by atoms with Crippen LogP contribution in [0.3, 0.4) is 0 Å². The Kier molecular flexibility index (Phi) is 5.34. The summed E-state index contributed by atoms with van der Waals surface area (Å²) in [6, 6.07) is 5.00. The predicted octanol–water partition coefficient (Wildman–Crippen LogP) is 3.02. The smallest absolute Gasteiger partial charge is 0.309 e. The van der Waals surface area contributed by atoms with Crippen molar-refractivity contribution in [1.29, 1.82) is 0 Å². The van der Waals surface area contributed by atoms with Crippen molar-refractivity contribution >= 4 is 11.5 Å². The van der Waals surface area contributed by atoms with Gasteiger partial charge in [-0.1, -0.05) is 26.2 Å². The molecule has 0 amide bonds. The SMILES string of the molecule is CCCCCCC[n+]1ccc(C2=CC[N+]3(CCC(=O)O)CC23)cc1. The highest BCUT2D eigenvalue weighted by atomic mass is 16.4. The van der Waals surface area contributed by atoms with Crippen LogP contribution in [0.15, 0.2) is 30.6 Å². The molecule has 2 aliphatic heterocycles. The minimum atomic E-state index is -0.679. The molecule has 0 bridgehead atoms. The zero-order valence-corrected chi connectivity index (χ0v) is 14.8. The Bertz CT molecular complexity index is 609. The van der Waals surface area contributed by atoms with Gasteiger partial charge >= 0.3 is 5.97 Å². The molecular formula is C20H30N2O2+2. The Hall–Kier alpha value is -1.68. The van der Waals surface area contributed by atoms with E-state index >= 15 is 0 Å². The summed E-state index contributed by atoms with van der Waals surface area (Å²) < 4.78 is 3.25. The van der Waals surface area contributed by atoms with Gasteiger partial charge in [0.25, 0.3) is 0 Å². The van der Waals surface area contributed by atoms with Crippen molar-refractivity contribution in [1.82, 2.24) is 0 Å². The van der Waals surface area contributed by atoms with E-state index in [1.165, 1.54) is 43.2 Å². The zero-order chi connectivity index (χ0) is 17.0. The number of carboxylic acids is 1. The summed E-state index contributed by atoms with van der Waals surface area (Å²) in [5, 5.41) is 8.91. The number of hydrogen-bond acceptors (Lipinski definition) is 1. The minimum Gasteiger partial charge on any atom is -0.481 e. The van der Waals surface area contributed by atoms with Gasteiger partial charge in [0.2, 0.25) is 0 Å².